The van der Waals surface area contributed by atoms with Gasteiger partial charge >= 0.3 is 6.03 Å². The van der Waals surface area contributed by atoms with Crippen LogP contribution in [-0.4, -0.2) is 54.0 Å². The van der Waals surface area contributed by atoms with Gasteiger partial charge < -0.3 is 15.1 Å². The molecule has 0 radical (unpaired) electrons. The quantitative estimate of drug-likeness (QED) is 0.755. The number of carbonyl (C=O) groups is 2. The van der Waals surface area contributed by atoms with Crippen LogP contribution in [0.4, 0.5) is 13.6 Å². The van der Waals surface area contributed by atoms with Crippen LogP contribution in [0.1, 0.15) is 40.9 Å². The van der Waals surface area contributed by atoms with E-state index in [2.05, 4.69) is 5.32 Å². The van der Waals surface area contributed by atoms with E-state index in [4.69, 9.17) is 0 Å². The fourth-order valence-corrected chi connectivity index (χ4v) is 4.73. The highest BCUT2D eigenvalue weighted by molar-refractivity contribution is 7.12. The van der Waals surface area contributed by atoms with E-state index >= 15 is 0 Å². The summed E-state index contributed by atoms with van der Waals surface area (Å²) in [5.41, 5.74) is 1.26. The number of thiophene rings is 1. The molecule has 0 aliphatic carbocycles. The second-order valence-electron chi connectivity index (χ2n) is 7.95. The first-order valence-corrected chi connectivity index (χ1v) is 11.4. The Balaban J connectivity index is 1.24. The molecule has 1 N–H and O–H groups in total. The minimum absolute atomic E-state index is 0.0539. The number of carbonyl (C=O) groups excluding carboxylic acids is 2. The number of likely N-dealkylation sites (tertiary alicyclic amines) is 2. The summed E-state index contributed by atoms with van der Waals surface area (Å²) in [6.07, 6.45) is 4.43. The van der Waals surface area contributed by atoms with Crippen molar-refractivity contribution in [2.45, 2.75) is 31.7 Å². The summed E-state index contributed by atoms with van der Waals surface area (Å²) < 4.78 is 27.2. The third-order valence-corrected chi connectivity index (χ3v) is 6.71. The molecule has 0 bridgehead atoms. The SMILES string of the molecule is O=C(NC1CCN(C(=O)c2cccs2)CC1)N1CCC(=Cc2cc(F)ccc2F)CC1. The molecule has 0 spiro atoms. The third-order valence-electron chi connectivity index (χ3n) is 5.85. The Morgan fingerprint density at radius 3 is 2.45 bits per heavy atom. The first-order chi connectivity index (χ1) is 15.0. The smallest absolute Gasteiger partial charge is 0.317 e. The highest BCUT2D eigenvalue weighted by Gasteiger charge is 2.27. The van der Waals surface area contributed by atoms with Crippen LogP contribution in [0.2, 0.25) is 0 Å². The maximum atomic E-state index is 13.8. The fourth-order valence-electron chi connectivity index (χ4n) is 4.04. The Labute approximate surface area is 184 Å². The zero-order valence-electron chi connectivity index (χ0n) is 17.2. The average molecular weight is 446 g/mol. The van der Waals surface area contributed by atoms with Crippen molar-refractivity contribution in [1.29, 1.82) is 0 Å². The number of amides is 3. The molecule has 0 atom stereocenters. The summed E-state index contributed by atoms with van der Waals surface area (Å²) in [5.74, 6) is -0.851. The van der Waals surface area contributed by atoms with Crippen LogP contribution in [0.15, 0.2) is 41.3 Å². The van der Waals surface area contributed by atoms with E-state index in [1.807, 2.05) is 22.4 Å². The van der Waals surface area contributed by atoms with Crippen molar-refractivity contribution in [3.63, 3.8) is 0 Å². The van der Waals surface area contributed by atoms with Gasteiger partial charge in [-0.15, -0.1) is 11.3 Å². The van der Waals surface area contributed by atoms with Gasteiger partial charge in [-0.2, -0.15) is 0 Å². The van der Waals surface area contributed by atoms with Crippen LogP contribution in [0, 0.1) is 11.6 Å². The number of nitrogens with zero attached hydrogens (tertiary/aromatic N) is 2. The number of nitrogens with one attached hydrogen (secondary N) is 1. The molecule has 2 aliphatic heterocycles. The molecular formula is C23H25F2N3O2S. The Morgan fingerprint density at radius 1 is 1.03 bits per heavy atom. The molecule has 2 saturated heterocycles. The number of halogens is 2. The molecule has 4 rings (SSSR count). The predicted molar refractivity (Wildman–Crippen MR) is 117 cm³/mol. The summed E-state index contributed by atoms with van der Waals surface area (Å²) in [4.78, 5) is 29.4. The van der Waals surface area contributed by atoms with Crippen LogP contribution in [-0.2, 0) is 0 Å². The van der Waals surface area contributed by atoms with Gasteiger partial charge in [-0.05, 0) is 55.3 Å². The molecule has 3 heterocycles. The van der Waals surface area contributed by atoms with Crippen LogP contribution in [0.3, 0.4) is 0 Å². The van der Waals surface area contributed by atoms with Crippen molar-refractivity contribution in [3.05, 3.63) is 63.4 Å². The van der Waals surface area contributed by atoms with Crippen molar-refractivity contribution in [1.82, 2.24) is 15.1 Å². The first kappa shape index (κ1) is 21.5. The minimum atomic E-state index is -0.465. The number of hydrogen-bond donors (Lipinski definition) is 1. The van der Waals surface area contributed by atoms with E-state index in [0.717, 1.165) is 35.4 Å². The van der Waals surface area contributed by atoms with Gasteiger partial charge in [-0.3, -0.25) is 4.79 Å². The van der Waals surface area contributed by atoms with E-state index in [1.165, 1.54) is 17.4 Å². The van der Waals surface area contributed by atoms with E-state index < -0.39 is 11.6 Å². The molecule has 2 aromatic rings. The molecule has 8 heteroatoms. The number of urea groups is 1. The minimum Gasteiger partial charge on any atom is -0.338 e. The number of rotatable bonds is 3. The maximum Gasteiger partial charge on any atom is 0.317 e. The molecule has 2 fully saturated rings. The van der Waals surface area contributed by atoms with Gasteiger partial charge in [0.25, 0.3) is 5.91 Å². The van der Waals surface area contributed by atoms with Gasteiger partial charge in [0, 0.05) is 37.8 Å². The van der Waals surface area contributed by atoms with Crippen molar-refractivity contribution in [3.8, 4) is 0 Å². The Bertz CT molecular complexity index is 959. The monoisotopic (exact) mass is 445 g/mol. The van der Waals surface area contributed by atoms with Crippen molar-refractivity contribution < 1.29 is 18.4 Å². The van der Waals surface area contributed by atoms with Crippen LogP contribution < -0.4 is 5.32 Å². The molecule has 164 valence electrons. The summed E-state index contributed by atoms with van der Waals surface area (Å²) in [6, 6.07) is 7.09. The van der Waals surface area contributed by atoms with Gasteiger partial charge in [0.2, 0.25) is 0 Å². The Hall–Kier alpha value is -2.74. The second kappa shape index (κ2) is 9.60. The molecule has 0 unspecified atom stereocenters. The van der Waals surface area contributed by atoms with Crippen molar-refractivity contribution >= 4 is 29.4 Å². The zero-order chi connectivity index (χ0) is 21.8. The van der Waals surface area contributed by atoms with Gasteiger partial charge in [0.1, 0.15) is 11.6 Å². The second-order valence-corrected chi connectivity index (χ2v) is 8.90. The molecule has 31 heavy (non-hydrogen) atoms. The lowest BCUT2D eigenvalue weighted by atomic mass is 10.0. The normalized spacial score (nSPS) is 17.5. The summed E-state index contributed by atoms with van der Waals surface area (Å²) >= 11 is 1.45. The zero-order valence-corrected chi connectivity index (χ0v) is 18.0. The average Bonchev–Trinajstić information content (AvgIpc) is 3.32. The number of hydrogen-bond acceptors (Lipinski definition) is 3. The van der Waals surface area contributed by atoms with E-state index in [-0.39, 0.29) is 23.5 Å². The molecule has 0 saturated carbocycles. The predicted octanol–water partition coefficient (Wildman–Crippen LogP) is 4.52. The molecule has 5 nitrogen and oxygen atoms in total. The van der Waals surface area contributed by atoms with E-state index in [1.54, 1.807) is 11.0 Å². The lowest BCUT2D eigenvalue weighted by Crippen LogP contribution is -2.51. The molecule has 1 aromatic heterocycles. The highest BCUT2D eigenvalue weighted by atomic mass is 32.1. The maximum absolute atomic E-state index is 13.8. The van der Waals surface area contributed by atoms with E-state index in [0.29, 0.717) is 39.0 Å². The van der Waals surface area contributed by atoms with E-state index in [9.17, 15) is 18.4 Å². The van der Waals surface area contributed by atoms with Gasteiger partial charge in [0.05, 0.1) is 4.88 Å². The lowest BCUT2D eigenvalue weighted by Gasteiger charge is -2.35. The largest absolute Gasteiger partial charge is 0.338 e. The molecule has 2 aliphatic rings. The molecule has 3 amide bonds. The highest BCUT2D eigenvalue weighted by Crippen LogP contribution is 2.22. The topological polar surface area (TPSA) is 52.7 Å². The van der Waals surface area contributed by atoms with Gasteiger partial charge in [-0.25, -0.2) is 13.6 Å². The number of piperidine rings is 2. The summed E-state index contributed by atoms with van der Waals surface area (Å²) in [5, 5.41) is 4.98. The van der Waals surface area contributed by atoms with Crippen molar-refractivity contribution in [2.24, 2.45) is 0 Å². The third kappa shape index (κ3) is 5.31. The Kier molecular flexibility index (Phi) is 6.65. The molecular weight excluding hydrogens is 420 g/mol. The summed E-state index contributed by atoms with van der Waals surface area (Å²) in [7, 11) is 0. The van der Waals surface area contributed by atoms with Crippen LogP contribution >= 0.6 is 11.3 Å². The standard InChI is InChI=1S/C23H25F2N3O2S/c24-18-3-4-20(25)17(15-18)14-16-5-9-28(10-6-16)23(30)26-19-7-11-27(12-8-19)22(29)21-2-1-13-31-21/h1-4,13-15,19H,5-12H2,(H,26,30). The van der Waals surface area contributed by atoms with Crippen molar-refractivity contribution in [2.75, 3.05) is 26.2 Å². The first-order valence-electron chi connectivity index (χ1n) is 10.5. The van der Waals surface area contributed by atoms with Gasteiger partial charge in [0.15, 0.2) is 0 Å². The fraction of sp³-hybridized carbons (Fsp3) is 0.391. The number of benzene rings is 1. The summed E-state index contributed by atoms with van der Waals surface area (Å²) in [6.45, 7) is 2.36. The Morgan fingerprint density at radius 2 is 1.77 bits per heavy atom. The van der Waals surface area contributed by atoms with Crippen LogP contribution in [0.5, 0.6) is 0 Å². The lowest BCUT2D eigenvalue weighted by molar-refractivity contribution is 0.0711. The molecule has 1 aromatic carbocycles. The van der Waals surface area contributed by atoms with Crippen LogP contribution in [0.25, 0.3) is 6.08 Å². The van der Waals surface area contributed by atoms with Gasteiger partial charge in [-0.1, -0.05) is 17.7 Å².